The van der Waals surface area contributed by atoms with Gasteiger partial charge in [-0.15, -0.1) is 0 Å². The molecule has 1 heterocycles. The van der Waals surface area contributed by atoms with Crippen LogP contribution in [0.4, 0.5) is 5.69 Å². The smallest absolute Gasteiger partial charge is 0.0540 e. The average Bonchev–Trinajstić information content (AvgIpc) is 2.72. The minimum Gasteiger partial charge on any atom is -0.363 e. The molecule has 104 valence electrons. The zero-order chi connectivity index (χ0) is 13.8. The van der Waals surface area contributed by atoms with E-state index in [1.54, 1.807) is 0 Å². The molecule has 0 amide bonds. The highest BCUT2D eigenvalue weighted by molar-refractivity contribution is 5.56. The normalized spacial score (nSPS) is 16.4. The summed E-state index contributed by atoms with van der Waals surface area (Å²) in [6.45, 7) is 5.35. The predicted molar refractivity (Wildman–Crippen MR) is 85.0 cm³/mol. The zero-order valence-electron chi connectivity index (χ0n) is 12.0. The Balaban J connectivity index is 1.99. The number of benzene rings is 2. The van der Waals surface area contributed by atoms with Crippen LogP contribution in [0, 0.1) is 0 Å². The summed E-state index contributed by atoms with van der Waals surface area (Å²) >= 11 is 0. The van der Waals surface area contributed by atoms with Crippen molar-refractivity contribution in [2.75, 3.05) is 18.0 Å². The van der Waals surface area contributed by atoms with E-state index in [1.807, 2.05) is 0 Å². The highest BCUT2D eigenvalue weighted by Gasteiger charge is 2.22. The number of hydrogen-bond acceptors (Lipinski definition) is 2. The van der Waals surface area contributed by atoms with Crippen LogP contribution in [0.3, 0.4) is 0 Å². The first-order valence-corrected chi connectivity index (χ1v) is 7.50. The summed E-state index contributed by atoms with van der Waals surface area (Å²) in [5.41, 5.74) is 4.19. The summed E-state index contributed by atoms with van der Waals surface area (Å²) in [4.78, 5) is 2.56. The van der Waals surface area contributed by atoms with Gasteiger partial charge < -0.3 is 10.2 Å². The van der Waals surface area contributed by atoms with Gasteiger partial charge in [-0.2, -0.15) is 0 Å². The van der Waals surface area contributed by atoms with E-state index in [-0.39, 0.29) is 0 Å². The van der Waals surface area contributed by atoms with Crippen LogP contribution in [0.25, 0.3) is 0 Å². The lowest BCUT2D eigenvalue weighted by atomic mass is 10.0. The molecule has 0 bridgehead atoms. The SMILES string of the molecule is CCC(c1ccccc1)N1CCNCc2ccccc21. The number of nitrogens with one attached hydrogen (secondary N) is 1. The molecule has 0 aromatic heterocycles. The van der Waals surface area contributed by atoms with Crippen molar-refractivity contribution in [1.82, 2.24) is 5.32 Å². The quantitative estimate of drug-likeness (QED) is 0.910. The molecule has 2 nitrogen and oxygen atoms in total. The van der Waals surface area contributed by atoms with E-state index in [1.165, 1.54) is 16.8 Å². The standard InChI is InChI=1S/C18H22N2/c1-2-17(15-8-4-3-5-9-15)20-13-12-19-14-16-10-6-7-11-18(16)20/h3-11,17,19H,2,12-14H2,1H3. The van der Waals surface area contributed by atoms with Crippen molar-refractivity contribution in [3.05, 3.63) is 65.7 Å². The molecule has 20 heavy (non-hydrogen) atoms. The van der Waals surface area contributed by atoms with Gasteiger partial charge >= 0.3 is 0 Å². The van der Waals surface area contributed by atoms with Crippen molar-refractivity contribution in [1.29, 1.82) is 0 Å². The molecule has 1 aliphatic heterocycles. The molecule has 0 spiro atoms. The Hall–Kier alpha value is -1.80. The van der Waals surface area contributed by atoms with Crippen molar-refractivity contribution in [3.8, 4) is 0 Å². The molecule has 0 radical (unpaired) electrons. The molecule has 2 aromatic rings. The topological polar surface area (TPSA) is 15.3 Å². The maximum Gasteiger partial charge on any atom is 0.0540 e. The van der Waals surface area contributed by atoms with Gasteiger partial charge in [0.1, 0.15) is 0 Å². The van der Waals surface area contributed by atoms with Crippen molar-refractivity contribution in [3.63, 3.8) is 0 Å². The van der Waals surface area contributed by atoms with Crippen LogP contribution in [0.1, 0.15) is 30.5 Å². The molecule has 0 fully saturated rings. The number of rotatable bonds is 3. The maximum absolute atomic E-state index is 3.52. The first-order chi connectivity index (χ1) is 9.90. The van der Waals surface area contributed by atoms with E-state index in [0.29, 0.717) is 6.04 Å². The molecular formula is C18H22N2. The zero-order valence-corrected chi connectivity index (χ0v) is 12.0. The summed E-state index contributed by atoms with van der Waals surface area (Å²) < 4.78 is 0. The Kier molecular flexibility index (Phi) is 4.03. The van der Waals surface area contributed by atoms with E-state index in [9.17, 15) is 0 Å². The molecule has 1 unspecified atom stereocenters. The second kappa shape index (κ2) is 6.10. The van der Waals surface area contributed by atoms with Crippen LogP contribution in [0.2, 0.25) is 0 Å². The Bertz CT molecular complexity index is 550. The molecule has 0 aliphatic carbocycles. The summed E-state index contributed by atoms with van der Waals surface area (Å²) in [7, 11) is 0. The van der Waals surface area contributed by atoms with Crippen LogP contribution < -0.4 is 10.2 Å². The fraction of sp³-hybridized carbons (Fsp3) is 0.333. The van der Waals surface area contributed by atoms with Crippen molar-refractivity contribution in [2.24, 2.45) is 0 Å². The third-order valence-electron chi connectivity index (χ3n) is 4.09. The van der Waals surface area contributed by atoms with Gasteiger partial charge in [0.2, 0.25) is 0 Å². The molecule has 1 N–H and O–H groups in total. The van der Waals surface area contributed by atoms with Gasteiger partial charge in [-0.1, -0.05) is 55.5 Å². The molecule has 0 saturated carbocycles. The Morgan fingerprint density at radius 3 is 2.60 bits per heavy atom. The van der Waals surface area contributed by atoms with Gasteiger partial charge in [0, 0.05) is 25.3 Å². The third kappa shape index (κ3) is 2.56. The Morgan fingerprint density at radius 2 is 1.80 bits per heavy atom. The Morgan fingerprint density at radius 1 is 1.05 bits per heavy atom. The van der Waals surface area contributed by atoms with Crippen molar-refractivity contribution >= 4 is 5.69 Å². The fourth-order valence-corrected chi connectivity index (χ4v) is 3.12. The number of hydrogen-bond donors (Lipinski definition) is 1. The van der Waals surface area contributed by atoms with Crippen LogP contribution >= 0.6 is 0 Å². The third-order valence-corrected chi connectivity index (χ3v) is 4.09. The van der Waals surface area contributed by atoms with E-state index in [2.05, 4.69) is 71.7 Å². The summed E-state index contributed by atoms with van der Waals surface area (Å²) in [5, 5.41) is 3.52. The summed E-state index contributed by atoms with van der Waals surface area (Å²) in [6.07, 6.45) is 1.12. The largest absolute Gasteiger partial charge is 0.363 e. The molecular weight excluding hydrogens is 244 g/mol. The molecule has 3 rings (SSSR count). The van der Waals surface area contributed by atoms with E-state index < -0.39 is 0 Å². The van der Waals surface area contributed by atoms with Crippen LogP contribution in [0.15, 0.2) is 54.6 Å². The average molecular weight is 266 g/mol. The first kappa shape index (κ1) is 13.2. The molecule has 0 saturated heterocycles. The maximum atomic E-state index is 3.52. The van der Waals surface area contributed by atoms with E-state index in [0.717, 1.165) is 26.1 Å². The second-order valence-corrected chi connectivity index (χ2v) is 5.33. The van der Waals surface area contributed by atoms with E-state index >= 15 is 0 Å². The fourth-order valence-electron chi connectivity index (χ4n) is 3.12. The van der Waals surface area contributed by atoms with Gasteiger partial charge in [0.25, 0.3) is 0 Å². The molecule has 1 atom stereocenters. The second-order valence-electron chi connectivity index (χ2n) is 5.33. The number of anilines is 1. The summed E-state index contributed by atoms with van der Waals surface area (Å²) in [6, 6.07) is 20.1. The van der Waals surface area contributed by atoms with Crippen LogP contribution in [-0.4, -0.2) is 13.1 Å². The van der Waals surface area contributed by atoms with Gasteiger partial charge in [0.05, 0.1) is 6.04 Å². The van der Waals surface area contributed by atoms with Gasteiger partial charge in [-0.05, 0) is 23.6 Å². The number of para-hydroxylation sites is 1. The van der Waals surface area contributed by atoms with Gasteiger partial charge in [0.15, 0.2) is 0 Å². The lowest BCUT2D eigenvalue weighted by Crippen LogP contribution is -2.32. The molecule has 1 aliphatic rings. The monoisotopic (exact) mass is 266 g/mol. The lowest BCUT2D eigenvalue weighted by molar-refractivity contribution is 0.590. The first-order valence-electron chi connectivity index (χ1n) is 7.50. The van der Waals surface area contributed by atoms with E-state index in [4.69, 9.17) is 0 Å². The van der Waals surface area contributed by atoms with Crippen molar-refractivity contribution in [2.45, 2.75) is 25.9 Å². The predicted octanol–water partition coefficient (Wildman–Crippen LogP) is 3.75. The highest BCUT2D eigenvalue weighted by atomic mass is 15.2. The minimum atomic E-state index is 0.456. The van der Waals surface area contributed by atoms with Gasteiger partial charge in [-0.25, -0.2) is 0 Å². The number of fused-ring (bicyclic) bond motifs is 1. The van der Waals surface area contributed by atoms with Crippen LogP contribution in [-0.2, 0) is 6.54 Å². The van der Waals surface area contributed by atoms with Gasteiger partial charge in [-0.3, -0.25) is 0 Å². The molecule has 2 heteroatoms. The highest BCUT2D eigenvalue weighted by Crippen LogP contribution is 2.32. The lowest BCUT2D eigenvalue weighted by Gasteiger charge is -2.33. The summed E-state index contributed by atoms with van der Waals surface area (Å²) in [5.74, 6) is 0. The molecule has 2 aromatic carbocycles. The minimum absolute atomic E-state index is 0.456. The van der Waals surface area contributed by atoms with Crippen molar-refractivity contribution < 1.29 is 0 Å². The van der Waals surface area contributed by atoms with Crippen LogP contribution in [0.5, 0.6) is 0 Å². The number of nitrogens with zero attached hydrogens (tertiary/aromatic N) is 1. The Labute approximate surface area is 121 Å².